The fourth-order valence-electron chi connectivity index (χ4n) is 2.98. The molecule has 0 aliphatic rings. The van der Waals surface area contributed by atoms with Crippen molar-refractivity contribution in [2.45, 2.75) is 20.3 Å². The fourth-order valence-corrected chi connectivity index (χ4v) is 2.98. The smallest absolute Gasteiger partial charge is 0.00992 e. The van der Waals surface area contributed by atoms with Gasteiger partial charge in [-0.15, -0.1) is 0 Å². The Morgan fingerprint density at radius 3 is 1.89 bits per heavy atom. The molecule has 19 heavy (non-hydrogen) atoms. The summed E-state index contributed by atoms with van der Waals surface area (Å²) in [6, 6.07) is 17.5. The Morgan fingerprint density at radius 2 is 1.32 bits per heavy atom. The number of allylic oxidation sites excluding steroid dienone is 1. The average molecular weight is 246 g/mol. The molecule has 0 aliphatic carbocycles. The van der Waals surface area contributed by atoms with Crippen LogP contribution < -0.4 is 0 Å². The molecule has 0 nitrogen and oxygen atoms in total. The number of rotatable bonds is 2. The van der Waals surface area contributed by atoms with E-state index in [1.807, 2.05) is 0 Å². The Morgan fingerprint density at radius 1 is 0.789 bits per heavy atom. The highest BCUT2D eigenvalue weighted by Gasteiger charge is 2.10. The van der Waals surface area contributed by atoms with Crippen molar-refractivity contribution in [2.75, 3.05) is 0 Å². The standard InChI is InChI=1S/C19H18/c1-3-9-15-14(4-2)16-10-5-6-12-18(16)19-13-8-7-11-17(15)19/h3,5-13H,4H2,1-2H3/b9-3-. The van der Waals surface area contributed by atoms with Crippen LogP contribution in [-0.4, -0.2) is 0 Å². The first-order chi connectivity index (χ1) is 9.36. The summed E-state index contributed by atoms with van der Waals surface area (Å²) >= 11 is 0. The van der Waals surface area contributed by atoms with Gasteiger partial charge in [-0.3, -0.25) is 0 Å². The van der Waals surface area contributed by atoms with Crippen LogP contribution in [0, 0.1) is 0 Å². The van der Waals surface area contributed by atoms with E-state index in [0.717, 1.165) is 6.42 Å². The molecule has 3 aromatic rings. The Balaban J connectivity index is 2.61. The lowest BCUT2D eigenvalue weighted by Gasteiger charge is -2.14. The minimum Gasteiger partial charge on any atom is -0.0870 e. The molecule has 0 radical (unpaired) electrons. The van der Waals surface area contributed by atoms with Gasteiger partial charge in [0.05, 0.1) is 0 Å². The van der Waals surface area contributed by atoms with Gasteiger partial charge in [0.25, 0.3) is 0 Å². The van der Waals surface area contributed by atoms with E-state index in [9.17, 15) is 0 Å². The number of hydrogen-bond donors (Lipinski definition) is 0. The second-order valence-electron chi connectivity index (χ2n) is 4.84. The SMILES string of the molecule is C/C=C\c1c(CC)c2ccccc2c2ccccc12. The molecule has 0 amide bonds. The molecule has 0 bridgehead atoms. The minimum atomic E-state index is 1.06. The van der Waals surface area contributed by atoms with Crippen LogP contribution in [-0.2, 0) is 6.42 Å². The molecule has 0 heteroatoms. The van der Waals surface area contributed by atoms with Crippen LogP contribution in [0.2, 0.25) is 0 Å². The maximum Gasteiger partial charge on any atom is -0.00992 e. The van der Waals surface area contributed by atoms with Crippen LogP contribution in [0.5, 0.6) is 0 Å². The molecule has 0 fully saturated rings. The van der Waals surface area contributed by atoms with Crippen molar-refractivity contribution >= 4 is 27.6 Å². The van der Waals surface area contributed by atoms with Gasteiger partial charge >= 0.3 is 0 Å². The monoisotopic (exact) mass is 246 g/mol. The second kappa shape index (κ2) is 4.89. The summed E-state index contributed by atoms with van der Waals surface area (Å²) in [5, 5.41) is 5.46. The third-order valence-corrected chi connectivity index (χ3v) is 3.77. The van der Waals surface area contributed by atoms with E-state index in [-0.39, 0.29) is 0 Å². The lowest BCUT2D eigenvalue weighted by Crippen LogP contribution is -1.92. The van der Waals surface area contributed by atoms with Crippen molar-refractivity contribution in [3.05, 3.63) is 65.7 Å². The number of hydrogen-bond acceptors (Lipinski definition) is 0. The topological polar surface area (TPSA) is 0 Å². The zero-order chi connectivity index (χ0) is 13.2. The molecule has 0 N–H and O–H groups in total. The predicted molar refractivity (Wildman–Crippen MR) is 85.5 cm³/mol. The predicted octanol–water partition coefficient (Wildman–Crippen LogP) is 5.59. The van der Waals surface area contributed by atoms with Crippen molar-refractivity contribution in [1.29, 1.82) is 0 Å². The van der Waals surface area contributed by atoms with Crippen LogP contribution in [0.25, 0.3) is 27.6 Å². The van der Waals surface area contributed by atoms with Gasteiger partial charge in [0.1, 0.15) is 0 Å². The summed E-state index contributed by atoms with van der Waals surface area (Å²) in [5.74, 6) is 0. The van der Waals surface area contributed by atoms with E-state index in [1.165, 1.54) is 32.7 Å². The quantitative estimate of drug-likeness (QED) is 0.517. The summed E-state index contributed by atoms with van der Waals surface area (Å²) in [6.45, 7) is 4.33. The van der Waals surface area contributed by atoms with E-state index in [1.54, 1.807) is 0 Å². The van der Waals surface area contributed by atoms with Crippen molar-refractivity contribution in [1.82, 2.24) is 0 Å². The first-order valence-electron chi connectivity index (χ1n) is 6.91. The lowest BCUT2D eigenvalue weighted by molar-refractivity contribution is 1.16. The number of benzene rings is 3. The van der Waals surface area contributed by atoms with Gasteiger partial charge < -0.3 is 0 Å². The minimum absolute atomic E-state index is 1.06. The third kappa shape index (κ3) is 1.84. The van der Waals surface area contributed by atoms with Crippen LogP contribution in [0.4, 0.5) is 0 Å². The van der Waals surface area contributed by atoms with Gasteiger partial charge in [-0.25, -0.2) is 0 Å². The van der Waals surface area contributed by atoms with Gasteiger partial charge in [0, 0.05) is 0 Å². The Bertz CT molecular complexity index is 763. The van der Waals surface area contributed by atoms with Crippen LogP contribution in [0.15, 0.2) is 54.6 Å². The molecule has 0 atom stereocenters. The first kappa shape index (κ1) is 12.0. The van der Waals surface area contributed by atoms with E-state index in [2.05, 4.69) is 74.5 Å². The van der Waals surface area contributed by atoms with Gasteiger partial charge in [-0.1, -0.05) is 67.6 Å². The molecular formula is C19H18. The van der Waals surface area contributed by atoms with Gasteiger partial charge in [-0.05, 0) is 46.0 Å². The molecule has 3 aromatic carbocycles. The maximum atomic E-state index is 2.24. The summed E-state index contributed by atoms with van der Waals surface area (Å²) in [7, 11) is 0. The summed E-state index contributed by atoms with van der Waals surface area (Å²) in [6.07, 6.45) is 5.44. The fraction of sp³-hybridized carbons (Fsp3) is 0.158. The van der Waals surface area contributed by atoms with E-state index < -0.39 is 0 Å². The Kier molecular flexibility index (Phi) is 3.08. The summed E-state index contributed by atoms with van der Waals surface area (Å²) in [4.78, 5) is 0. The van der Waals surface area contributed by atoms with Crippen LogP contribution in [0.3, 0.4) is 0 Å². The maximum absolute atomic E-state index is 2.24. The molecule has 0 aromatic heterocycles. The lowest BCUT2D eigenvalue weighted by atomic mass is 9.90. The second-order valence-corrected chi connectivity index (χ2v) is 4.84. The summed E-state index contributed by atoms with van der Waals surface area (Å²) in [5.41, 5.74) is 2.83. The van der Waals surface area contributed by atoms with Crippen molar-refractivity contribution < 1.29 is 0 Å². The molecular weight excluding hydrogens is 228 g/mol. The van der Waals surface area contributed by atoms with E-state index in [0.29, 0.717) is 0 Å². The Hall–Kier alpha value is -2.08. The highest BCUT2D eigenvalue weighted by atomic mass is 14.1. The van der Waals surface area contributed by atoms with Crippen LogP contribution in [0.1, 0.15) is 25.0 Å². The molecule has 0 saturated carbocycles. The van der Waals surface area contributed by atoms with Gasteiger partial charge in [0.15, 0.2) is 0 Å². The first-order valence-corrected chi connectivity index (χ1v) is 6.91. The van der Waals surface area contributed by atoms with Gasteiger partial charge in [-0.2, -0.15) is 0 Å². The van der Waals surface area contributed by atoms with Gasteiger partial charge in [0.2, 0.25) is 0 Å². The molecule has 0 aliphatic heterocycles. The molecule has 0 unspecified atom stereocenters. The number of aryl methyl sites for hydroxylation is 1. The van der Waals surface area contributed by atoms with Crippen molar-refractivity contribution in [3.63, 3.8) is 0 Å². The largest absolute Gasteiger partial charge is 0.0870 e. The van der Waals surface area contributed by atoms with Crippen LogP contribution >= 0.6 is 0 Å². The highest BCUT2D eigenvalue weighted by molar-refractivity contribution is 6.12. The normalized spacial score (nSPS) is 11.7. The Labute approximate surface area is 114 Å². The highest BCUT2D eigenvalue weighted by Crippen LogP contribution is 2.33. The average Bonchev–Trinajstić information content (AvgIpc) is 2.48. The molecule has 3 rings (SSSR count). The molecule has 94 valence electrons. The third-order valence-electron chi connectivity index (χ3n) is 3.77. The zero-order valence-electron chi connectivity index (χ0n) is 11.5. The zero-order valence-corrected chi connectivity index (χ0v) is 11.5. The summed E-state index contributed by atoms with van der Waals surface area (Å²) < 4.78 is 0. The molecule has 0 heterocycles. The van der Waals surface area contributed by atoms with Crippen molar-refractivity contribution in [3.8, 4) is 0 Å². The van der Waals surface area contributed by atoms with Crippen molar-refractivity contribution in [2.24, 2.45) is 0 Å². The molecule has 0 saturated heterocycles. The van der Waals surface area contributed by atoms with E-state index in [4.69, 9.17) is 0 Å². The number of fused-ring (bicyclic) bond motifs is 3. The molecule has 0 spiro atoms. The van der Waals surface area contributed by atoms with E-state index >= 15 is 0 Å².